The summed E-state index contributed by atoms with van der Waals surface area (Å²) in [6.45, 7) is 6.40. The second-order valence-corrected chi connectivity index (χ2v) is 7.19. The number of hydrazine groups is 1. The summed E-state index contributed by atoms with van der Waals surface area (Å²) in [6, 6.07) is 14.4. The first-order chi connectivity index (χ1) is 14.4. The zero-order valence-electron chi connectivity index (χ0n) is 17.4. The largest absolute Gasteiger partial charge is 0.493 e. The van der Waals surface area contributed by atoms with E-state index in [1.54, 1.807) is 24.3 Å². The van der Waals surface area contributed by atoms with E-state index in [-0.39, 0.29) is 17.6 Å². The molecule has 0 aliphatic rings. The van der Waals surface area contributed by atoms with E-state index in [9.17, 15) is 9.59 Å². The molecule has 0 aliphatic carbocycles. The second kappa shape index (κ2) is 11.8. The third kappa shape index (κ3) is 7.04. The summed E-state index contributed by atoms with van der Waals surface area (Å²) >= 11 is 5.07. The van der Waals surface area contributed by atoms with Gasteiger partial charge in [-0.05, 0) is 48.3 Å². The van der Waals surface area contributed by atoms with Crippen LogP contribution in [0.2, 0.25) is 0 Å². The van der Waals surface area contributed by atoms with Gasteiger partial charge < -0.3 is 9.47 Å². The smallest absolute Gasteiger partial charge is 0.276 e. The van der Waals surface area contributed by atoms with E-state index in [1.807, 2.05) is 31.2 Å². The van der Waals surface area contributed by atoms with Gasteiger partial charge in [-0.15, -0.1) is 0 Å². The van der Waals surface area contributed by atoms with Crippen molar-refractivity contribution in [1.82, 2.24) is 16.2 Å². The highest BCUT2D eigenvalue weighted by Crippen LogP contribution is 2.25. The molecule has 0 aliphatic heterocycles. The van der Waals surface area contributed by atoms with Gasteiger partial charge in [-0.3, -0.25) is 25.8 Å². The van der Waals surface area contributed by atoms with E-state index in [2.05, 4.69) is 30.0 Å². The molecule has 160 valence electrons. The first kappa shape index (κ1) is 23.2. The molecule has 3 N–H and O–H groups in total. The van der Waals surface area contributed by atoms with E-state index < -0.39 is 11.8 Å². The molecule has 30 heavy (non-hydrogen) atoms. The van der Waals surface area contributed by atoms with Crippen LogP contribution in [0.4, 0.5) is 0 Å². The SMILES string of the molecule is CCCOc1ccccc1C(=O)NC(=S)NNC(=O)COc1ccccc1C(C)C. The lowest BCUT2D eigenvalue weighted by Gasteiger charge is -2.15. The molecule has 0 heterocycles. The molecule has 2 rings (SSSR count). The topological polar surface area (TPSA) is 88.7 Å². The molecule has 2 aromatic rings. The molecule has 0 aromatic heterocycles. The van der Waals surface area contributed by atoms with Crippen LogP contribution in [-0.4, -0.2) is 30.1 Å². The quantitative estimate of drug-likeness (QED) is 0.441. The third-order valence-electron chi connectivity index (χ3n) is 4.04. The number of carbonyl (C=O) groups is 2. The van der Waals surface area contributed by atoms with Crippen molar-refractivity contribution >= 4 is 29.1 Å². The zero-order valence-corrected chi connectivity index (χ0v) is 18.2. The fraction of sp³-hybridized carbons (Fsp3) is 0.318. The van der Waals surface area contributed by atoms with Crippen molar-refractivity contribution in [3.05, 3.63) is 59.7 Å². The van der Waals surface area contributed by atoms with Gasteiger partial charge in [-0.1, -0.05) is 51.1 Å². The molecular formula is C22H27N3O4S. The summed E-state index contributed by atoms with van der Waals surface area (Å²) in [4.78, 5) is 24.5. The molecule has 7 nitrogen and oxygen atoms in total. The minimum atomic E-state index is -0.435. The maximum absolute atomic E-state index is 12.4. The Hall–Kier alpha value is -3.13. The summed E-state index contributed by atoms with van der Waals surface area (Å²) in [6.07, 6.45) is 0.825. The monoisotopic (exact) mass is 429 g/mol. The maximum atomic E-state index is 12.4. The van der Waals surface area contributed by atoms with Crippen LogP contribution in [0.5, 0.6) is 11.5 Å². The third-order valence-corrected chi connectivity index (χ3v) is 4.24. The highest BCUT2D eigenvalue weighted by molar-refractivity contribution is 7.80. The van der Waals surface area contributed by atoms with Crippen molar-refractivity contribution in [2.24, 2.45) is 0 Å². The van der Waals surface area contributed by atoms with Crippen LogP contribution in [0.15, 0.2) is 48.5 Å². The Kier molecular flexibility index (Phi) is 9.08. The van der Waals surface area contributed by atoms with Gasteiger partial charge in [-0.2, -0.15) is 0 Å². The Morgan fingerprint density at radius 2 is 1.63 bits per heavy atom. The number of ether oxygens (including phenoxy) is 2. The number of rotatable bonds is 8. The number of carbonyl (C=O) groups excluding carboxylic acids is 2. The van der Waals surface area contributed by atoms with E-state index >= 15 is 0 Å². The maximum Gasteiger partial charge on any atom is 0.276 e. The predicted octanol–water partition coefficient (Wildman–Crippen LogP) is 3.31. The predicted molar refractivity (Wildman–Crippen MR) is 120 cm³/mol. The second-order valence-electron chi connectivity index (χ2n) is 6.78. The van der Waals surface area contributed by atoms with Crippen LogP contribution in [0.1, 0.15) is 49.0 Å². The van der Waals surface area contributed by atoms with Gasteiger partial charge in [0.25, 0.3) is 11.8 Å². The first-order valence-corrected chi connectivity index (χ1v) is 10.2. The molecule has 0 bridgehead atoms. The normalized spacial score (nSPS) is 10.3. The molecule has 0 saturated heterocycles. The summed E-state index contributed by atoms with van der Waals surface area (Å²) in [5.41, 5.74) is 6.28. The van der Waals surface area contributed by atoms with E-state index in [0.29, 0.717) is 23.7 Å². The molecule has 0 radical (unpaired) electrons. The van der Waals surface area contributed by atoms with Gasteiger partial charge in [0.15, 0.2) is 11.7 Å². The van der Waals surface area contributed by atoms with Gasteiger partial charge in [0.05, 0.1) is 12.2 Å². The Morgan fingerprint density at radius 3 is 2.33 bits per heavy atom. The van der Waals surface area contributed by atoms with Crippen LogP contribution in [0.3, 0.4) is 0 Å². The summed E-state index contributed by atoms with van der Waals surface area (Å²) < 4.78 is 11.2. The van der Waals surface area contributed by atoms with E-state index in [1.165, 1.54) is 0 Å². The van der Waals surface area contributed by atoms with E-state index in [0.717, 1.165) is 12.0 Å². The number of para-hydroxylation sites is 2. The van der Waals surface area contributed by atoms with Crippen LogP contribution < -0.4 is 25.6 Å². The molecule has 8 heteroatoms. The lowest BCUT2D eigenvalue weighted by atomic mass is 10.0. The standard InChI is InChI=1S/C22H27N3O4S/c1-4-13-28-19-12-8-6-10-17(19)21(27)23-22(30)25-24-20(26)14-29-18-11-7-5-9-16(18)15(2)3/h5-12,15H,4,13-14H2,1-3H3,(H,24,26)(H2,23,25,27,30). The van der Waals surface area contributed by atoms with Crippen molar-refractivity contribution in [2.75, 3.05) is 13.2 Å². The van der Waals surface area contributed by atoms with Gasteiger partial charge in [0.1, 0.15) is 11.5 Å². The Labute approximate surface area is 182 Å². The van der Waals surface area contributed by atoms with Crippen molar-refractivity contribution in [1.29, 1.82) is 0 Å². The lowest BCUT2D eigenvalue weighted by Crippen LogP contribution is -2.49. The Bertz CT molecular complexity index is 886. The minimum Gasteiger partial charge on any atom is -0.493 e. The molecule has 0 atom stereocenters. The average molecular weight is 430 g/mol. The molecule has 0 saturated carbocycles. The summed E-state index contributed by atoms with van der Waals surface area (Å²) in [7, 11) is 0. The molecule has 2 amide bonds. The van der Waals surface area contributed by atoms with Crippen molar-refractivity contribution in [3.8, 4) is 11.5 Å². The van der Waals surface area contributed by atoms with Gasteiger partial charge in [0.2, 0.25) is 0 Å². The van der Waals surface area contributed by atoms with Crippen LogP contribution in [0, 0.1) is 0 Å². The van der Waals surface area contributed by atoms with Gasteiger partial charge in [-0.25, -0.2) is 0 Å². The molecule has 0 unspecified atom stereocenters. The molecule has 2 aromatic carbocycles. The van der Waals surface area contributed by atoms with Crippen LogP contribution >= 0.6 is 12.2 Å². The number of amides is 2. The summed E-state index contributed by atoms with van der Waals surface area (Å²) in [5, 5.41) is 2.47. The summed E-state index contributed by atoms with van der Waals surface area (Å²) in [5.74, 6) is 0.532. The number of hydrogen-bond donors (Lipinski definition) is 3. The average Bonchev–Trinajstić information content (AvgIpc) is 2.75. The fourth-order valence-corrected chi connectivity index (χ4v) is 2.73. The van der Waals surface area contributed by atoms with Gasteiger partial charge in [0, 0.05) is 0 Å². The van der Waals surface area contributed by atoms with E-state index in [4.69, 9.17) is 21.7 Å². The number of hydrogen-bond acceptors (Lipinski definition) is 5. The van der Waals surface area contributed by atoms with Crippen molar-refractivity contribution in [2.45, 2.75) is 33.1 Å². The number of benzene rings is 2. The van der Waals surface area contributed by atoms with Crippen molar-refractivity contribution in [3.63, 3.8) is 0 Å². The Morgan fingerprint density at radius 1 is 0.967 bits per heavy atom. The lowest BCUT2D eigenvalue weighted by molar-refractivity contribution is -0.123. The first-order valence-electron chi connectivity index (χ1n) is 9.76. The highest BCUT2D eigenvalue weighted by Gasteiger charge is 2.14. The van der Waals surface area contributed by atoms with Crippen LogP contribution in [0.25, 0.3) is 0 Å². The molecule has 0 fully saturated rings. The number of thiocarbonyl (C=S) groups is 1. The van der Waals surface area contributed by atoms with Gasteiger partial charge >= 0.3 is 0 Å². The number of nitrogens with one attached hydrogen (secondary N) is 3. The Balaban J connectivity index is 1.82. The highest BCUT2D eigenvalue weighted by atomic mass is 32.1. The molecular weight excluding hydrogens is 402 g/mol. The van der Waals surface area contributed by atoms with Crippen molar-refractivity contribution < 1.29 is 19.1 Å². The van der Waals surface area contributed by atoms with Crippen LogP contribution in [-0.2, 0) is 4.79 Å². The zero-order chi connectivity index (χ0) is 21.9. The minimum absolute atomic E-state index is 0.0405. The fourth-order valence-electron chi connectivity index (χ4n) is 2.59. The molecule has 0 spiro atoms.